The molecule has 0 saturated carbocycles. The first-order valence-corrected chi connectivity index (χ1v) is 9.05. The summed E-state index contributed by atoms with van der Waals surface area (Å²) in [4.78, 5) is 0. The van der Waals surface area contributed by atoms with Crippen molar-refractivity contribution in [2.45, 2.75) is 76.5 Å². The summed E-state index contributed by atoms with van der Waals surface area (Å²) in [6.07, 6.45) is -2.11. The van der Waals surface area contributed by atoms with Gasteiger partial charge in [-0.05, 0) is 33.3 Å². The molecule has 26 heavy (non-hydrogen) atoms. The van der Waals surface area contributed by atoms with E-state index in [0.29, 0.717) is 6.54 Å². The zero-order valence-corrected chi connectivity index (χ0v) is 15.6. The molecular weight excluding hydrogens is 338 g/mol. The van der Waals surface area contributed by atoms with Gasteiger partial charge in [0.2, 0.25) is 0 Å². The first-order valence-electron chi connectivity index (χ1n) is 9.05. The van der Waals surface area contributed by atoms with Crippen LogP contribution in [-0.4, -0.2) is 53.9 Å². The van der Waals surface area contributed by atoms with Crippen LogP contribution in [0.25, 0.3) is 0 Å². The van der Waals surface area contributed by atoms with Crippen molar-refractivity contribution in [1.82, 2.24) is 5.06 Å². The molecule has 3 aliphatic heterocycles. The van der Waals surface area contributed by atoms with Crippen LogP contribution < -0.4 is 0 Å². The Bertz CT molecular complexity index is 636. The first kappa shape index (κ1) is 18.3. The van der Waals surface area contributed by atoms with Crippen LogP contribution in [0.1, 0.15) is 33.3 Å². The number of hydrogen-bond donors (Lipinski definition) is 0. The van der Waals surface area contributed by atoms with Gasteiger partial charge in [0.05, 0.1) is 0 Å². The monoisotopic (exact) mass is 364 g/mol. The maximum atomic E-state index is 12.5. The van der Waals surface area contributed by atoms with Gasteiger partial charge in [0.15, 0.2) is 17.9 Å². The molecule has 0 aromatic heterocycles. The lowest BCUT2D eigenvalue weighted by Gasteiger charge is -2.41. The molecule has 0 spiro atoms. The molecule has 0 N–H and O–H groups in total. The number of fused-ring (bicyclic) bond motifs is 3. The predicted molar refractivity (Wildman–Crippen MR) is 92.7 cm³/mol. The van der Waals surface area contributed by atoms with Gasteiger partial charge < -0.3 is 34.0 Å². The van der Waals surface area contributed by atoms with E-state index in [1.54, 1.807) is 0 Å². The lowest BCUT2D eigenvalue weighted by molar-refractivity contribution is -0.235. The van der Waals surface area contributed by atoms with Crippen LogP contribution in [0, 0.1) is 5.21 Å². The molecule has 3 fully saturated rings. The van der Waals surface area contributed by atoms with Gasteiger partial charge in [-0.1, -0.05) is 30.3 Å². The molecule has 7 heteroatoms. The Balaban J connectivity index is 1.48. The lowest BCUT2D eigenvalue weighted by atomic mass is 9.99. The molecule has 3 aliphatic rings. The average Bonchev–Trinajstić information content (AvgIpc) is 3.03. The highest BCUT2D eigenvalue weighted by molar-refractivity contribution is 5.14. The summed E-state index contributed by atoms with van der Waals surface area (Å²) >= 11 is 0. The van der Waals surface area contributed by atoms with E-state index in [-0.39, 0.29) is 24.9 Å². The van der Waals surface area contributed by atoms with Crippen LogP contribution in [0.4, 0.5) is 0 Å². The Morgan fingerprint density at radius 2 is 1.50 bits per heavy atom. The summed E-state index contributed by atoms with van der Waals surface area (Å²) < 4.78 is 30.0. The molecule has 5 atom stereocenters. The molecule has 144 valence electrons. The van der Waals surface area contributed by atoms with Gasteiger partial charge in [-0.25, -0.2) is 0 Å². The van der Waals surface area contributed by atoms with Gasteiger partial charge in [-0.15, -0.1) is 0 Å². The van der Waals surface area contributed by atoms with Crippen LogP contribution in [0.15, 0.2) is 30.3 Å². The second-order valence-electron chi connectivity index (χ2n) is 8.02. The van der Waals surface area contributed by atoms with Crippen LogP contribution >= 0.6 is 0 Å². The summed E-state index contributed by atoms with van der Waals surface area (Å²) in [6.45, 7) is 7.86. The summed E-state index contributed by atoms with van der Waals surface area (Å²) in [6, 6.07) is 9.63. The fourth-order valence-corrected chi connectivity index (χ4v) is 3.89. The Hall–Kier alpha value is -1.06. The van der Waals surface area contributed by atoms with Crippen molar-refractivity contribution in [1.29, 1.82) is 0 Å². The molecule has 1 aromatic carbocycles. The summed E-state index contributed by atoms with van der Waals surface area (Å²) in [7, 11) is 0. The minimum atomic E-state index is -0.758. The molecule has 0 aliphatic carbocycles. The second-order valence-corrected chi connectivity index (χ2v) is 8.02. The maximum absolute atomic E-state index is 12.5. The highest BCUT2D eigenvalue weighted by Gasteiger charge is 2.60. The largest absolute Gasteiger partial charge is 0.785 e. The van der Waals surface area contributed by atoms with Crippen molar-refractivity contribution in [2.24, 2.45) is 0 Å². The zero-order valence-electron chi connectivity index (χ0n) is 15.6. The summed E-state index contributed by atoms with van der Waals surface area (Å²) in [5.41, 5.74) is 0.957. The number of hydroxylamine groups is 2. The third kappa shape index (κ3) is 3.66. The van der Waals surface area contributed by atoms with Crippen molar-refractivity contribution < 1.29 is 23.7 Å². The Kier molecular flexibility index (Phi) is 4.60. The summed E-state index contributed by atoms with van der Waals surface area (Å²) in [5.74, 6) is -1.51. The molecule has 7 nitrogen and oxygen atoms in total. The minimum absolute atomic E-state index is 0.169. The van der Waals surface area contributed by atoms with Crippen molar-refractivity contribution in [2.75, 3.05) is 6.54 Å². The van der Waals surface area contributed by atoms with Crippen LogP contribution in [0.2, 0.25) is 0 Å². The van der Waals surface area contributed by atoms with Crippen LogP contribution in [0.5, 0.6) is 0 Å². The Labute approximate surface area is 153 Å². The van der Waals surface area contributed by atoms with E-state index in [0.717, 1.165) is 10.6 Å². The highest BCUT2D eigenvalue weighted by atomic mass is 16.9. The topological polar surface area (TPSA) is 72.5 Å². The quantitative estimate of drug-likeness (QED) is 0.760. The molecule has 1 aromatic rings. The molecule has 3 heterocycles. The van der Waals surface area contributed by atoms with Crippen LogP contribution in [-0.2, 0) is 30.2 Å². The summed E-state index contributed by atoms with van der Waals surface area (Å²) in [5, 5.41) is 13.5. The van der Waals surface area contributed by atoms with E-state index >= 15 is 0 Å². The van der Waals surface area contributed by atoms with Crippen molar-refractivity contribution in [3.05, 3.63) is 41.1 Å². The van der Waals surface area contributed by atoms with E-state index in [2.05, 4.69) is 0 Å². The Morgan fingerprint density at radius 1 is 0.885 bits per heavy atom. The van der Waals surface area contributed by atoms with Gasteiger partial charge in [0.25, 0.3) is 0 Å². The van der Waals surface area contributed by atoms with Crippen molar-refractivity contribution >= 4 is 0 Å². The third-order valence-electron chi connectivity index (χ3n) is 4.84. The number of benzene rings is 1. The van der Waals surface area contributed by atoms with Gasteiger partial charge in [0.1, 0.15) is 24.4 Å². The fraction of sp³-hybridized carbons (Fsp3) is 0.684. The maximum Gasteiger partial charge on any atom is 0.190 e. The zero-order chi connectivity index (χ0) is 18.5. The fourth-order valence-electron chi connectivity index (χ4n) is 3.89. The van der Waals surface area contributed by atoms with Crippen molar-refractivity contribution in [3.8, 4) is 0 Å². The normalized spacial score (nSPS) is 37.5. The number of nitrogens with zero attached hydrogens (tertiary/aromatic N) is 1. The van der Waals surface area contributed by atoms with Gasteiger partial charge in [-0.3, -0.25) is 0 Å². The van der Waals surface area contributed by atoms with Gasteiger partial charge >= 0.3 is 0 Å². The average molecular weight is 364 g/mol. The third-order valence-corrected chi connectivity index (χ3v) is 4.84. The molecule has 0 unspecified atom stereocenters. The standard InChI is InChI=1S/C19H26NO6/c1-18(2)23-14-13(11-20(21)10-12-8-6-5-7-9-12)22-17-16(15(14)24-18)25-19(3,4)26-17/h5-9,13-17H,10-11H2,1-4H3/q-1/t13-,14+,15+,16-,17-/m1/s1. The molecular formula is C19H26NO6-. The minimum Gasteiger partial charge on any atom is -0.785 e. The number of hydrogen-bond acceptors (Lipinski definition) is 7. The molecule has 0 radical (unpaired) electrons. The molecule has 0 amide bonds. The highest BCUT2D eigenvalue weighted by Crippen LogP contribution is 2.44. The van der Waals surface area contributed by atoms with Gasteiger partial charge in [0, 0.05) is 13.1 Å². The lowest BCUT2D eigenvalue weighted by Crippen LogP contribution is -2.57. The predicted octanol–water partition coefficient (Wildman–Crippen LogP) is 2.38. The SMILES string of the molecule is CC1(C)O[C@H]2[C@@H](O1)[C@@H](CN([O-])Cc1ccccc1)O[C@@H]1OC(C)(C)O[C@@H]12. The molecule has 0 bridgehead atoms. The smallest absolute Gasteiger partial charge is 0.190 e. The van der Waals surface area contributed by atoms with E-state index in [1.165, 1.54) is 0 Å². The Morgan fingerprint density at radius 3 is 2.23 bits per heavy atom. The second kappa shape index (κ2) is 6.53. The molecule has 3 saturated heterocycles. The molecule has 4 rings (SSSR count). The van der Waals surface area contributed by atoms with Crippen molar-refractivity contribution in [3.63, 3.8) is 0 Å². The van der Waals surface area contributed by atoms with E-state index in [9.17, 15) is 5.21 Å². The number of ether oxygens (including phenoxy) is 5. The van der Waals surface area contributed by atoms with E-state index in [4.69, 9.17) is 23.7 Å². The van der Waals surface area contributed by atoms with Gasteiger partial charge in [-0.2, -0.15) is 0 Å². The first-order chi connectivity index (χ1) is 12.2. The van der Waals surface area contributed by atoms with E-state index in [1.807, 2.05) is 58.0 Å². The van der Waals surface area contributed by atoms with Crippen LogP contribution in [0.3, 0.4) is 0 Å². The number of rotatable bonds is 4. The van der Waals surface area contributed by atoms with E-state index < -0.39 is 24.0 Å².